The molecule has 0 N–H and O–H groups in total. The van der Waals surface area contributed by atoms with Crippen LogP contribution in [0.3, 0.4) is 0 Å². The van der Waals surface area contributed by atoms with Crippen molar-refractivity contribution in [3.8, 4) is 6.07 Å². The summed E-state index contributed by atoms with van der Waals surface area (Å²) in [5.41, 5.74) is 1.05. The van der Waals surface area contributed by atoms with Crippen LogP contribution in [-0.4, -0.2) is 44.8 Å². The van der Waals surface area contributed by atoms with Crippen LogP contribution >= 0.6 is 0 Å². The number of hydrogen-bond donors (Lipinski definition) is 0. The summed E-state index contributed by atoms with van der Waals surface area (Å²) in [5, 5.41) is 9.00. The second kappa shape index (κ2) is 8.36. The fourth-order valence-electron chi connectivity index (χ4n) is 2.32. The molecule has 5 nitrogen and oxygen atoms in total. The van der Waals surface area contributed by atoms with Crippen LogP contribution in [0.5, 0.6) is 0 Å². The third kappa shape index (κ3) is 4.85. The first-order valence-electron chi connectivity index (χ1n) is 7.83. The van der Waals surface area contributed by atoms with Crippen molar-refractivity contribution in [2.45, 2.75) is 11.4 Å². The highest BCUT2D eigenvalue weighted by molar-refractivity contribution is 7.89. The lowest BCUT2D eigenvalue weighted by atomic mass is 10.1. The molecule has 0 aliphatic carbocycles. The summed E-state index contributed by atoms with van der Waals surface area (Å²) < 4.78 is 53.7. The summed E-state index contributed by atoms with van der Waals surface area (Å²) in [6.45, 7) is 0.622. The van der Waals surface area contributed by atoms with Gasteiger partial charge >= 0.3 is 0 Å². The molecule has 0 bridgehead atoms. The van der Waals surface area contributed by atoms with Gasteiger partial charge in [0, 0.05) is 19.6 Å². The molecule has 0 radical (unpaired) electrons. The molecule has 0 amide bonds. The normalized spacial score (nSPS) is 11.7. The molecular weight excluding hydrogens is 360 g/mol. The van der Waals surface area contributed by atoms with Crippen molar-refractivity contribution < 1.29 is 17.2 Å². The fraction of sp³-hybridized carbons (Fsp3) is 0.278. The number of halogens is 2. The molecule has 0 spiro atoms. The van der Waals surface area contributed by atoms with Crippen LogP contribution in [0, 0.1) is 23.0 Å². The molecule has 138 valence electrons. The molecule has 0 aliphatic heterocycles. The van der Waals surface area contributed by atoms with E-state index >= 15 is 0 Å². The first-order valence-corrected chi connectivity index (χ1v) is 9.27. The second-order valence-corrected chi connectivity index (χ2v) is 7.97. The Kier molecular flexibility index (Phi) is 6.42. The van der Waals surface area contributed by atoms with Crippen LogP contribution in [0.15, 0.2) is 47.4 Å². The van der Waals surface area contributed by atoms with E-state index in [0.717, 1.165) is 12.1 Å². The van der Waals surface area contributed by atoms with Crippen LogP contribution in [0.4, 0.5) is 8.78 Å². The Balaban J connectivity index is 2.38. The highest BCUT2D eigenvalue weighted by Crippen LogP contribution is 2.21. The van der Waals surface area contributed by atoms with Gasteiger partial charge in [0.1, 0.15) is 0 Å². The number of likely N-dealkylation sites (N-methyl/N-ethyl adjacent to an activating group) is 1. The van der Waals surface area contributed by atoms with Crippen molar-refractivity contribution in [1.29, 1.82) is 5.26 Å². The van der Waals surface area contributed by atoms with Gasteiger partial charge in [0.25, 0.3) is 0 Å². The van der Waals surface area contributed by atoms with Gasteiger partial charge < -0.3 is 4.90 Å². The van der Waals surface area contributed by atoms with Crippen molar-refractivity contribution in [2.24, 2.45) is 0 Å². The van der Waals surface area contributed by atoms with E-state index in [4.69, 9.17) is 5.26 Å². The number of sulfonamides is 1. The van der Waals surface area contributed by atoms with E-state index in [9.17, 15) is 17.2 Å². The van der Waals surface area contributed by atoms with Crippen molar-refractivity contribution >= 4 is 10.0 Å². The summed E-state index contributed by atoms with van der Waals surface area (Å²) in [5.74, 6) is -2.32. The Morgan fingerprint density at radius 2 is 1.77 bits per heavy atom. The van der Waals surface area contributed by atoms with E-state index in [1.54, 1.807) is 38.4 Å². The van der Waals surface area contributed by atoms with Crippen molar-refractivity contribution in [1.82, 2.24) is 9.21 Å². The SMILES string of the molecule is CN(C)CCN(Cc1cccc(C#N)c1)S(=O)(=O)c1ccc(F)c(F)c1. The number of nitriles is 1. The summed E-state index contributed by atoms with van der Waals surface area (Å²) in [7, 11) is -0.428. The first-order chi connectivity index (χ1) is 12.2. The quantitative estimate of drug-likeness (QED) is 0.742. The maximum atomic E-state index is 13.5. The minimum Gasteiger partial charge on any atom is -0.308 e. The minimum absolute atomic E-state index is 0.0185. The molecular formula is C18H19F2N3O2S. The van der Waals surface area contributed by atoms with Crippen LogP contribution in [0.25, 0.3) is 0 Å². The molecule has 26 heavy (non-hydrogen) atoms. The predicted molar refractivity (Wildman–Crippen MR) is 93.7 cm³/mol. The van der Waals surface area contributed by atoms with Crippen molar-refractivity contribution in [2.75, 3.05) is 27.2 Å². The molecule has 8 heteroatoms. The highest BCUT2D eigenvalue weighted by atomic mass is 32.2. The van der Waals surface area contributed by atoms with E-state index in [2.05, 4.69) is 0 Å². The van der Waals surface area contributed by atoms with Gasteiger partial charge in [-0.05, 0) is 50.0 Å². The number of hydrogen-bond acceptors (Lipinski definition) is 4. The first kappa shape index (κ1) is 20.0. The smallest absolute Gasteiger partial charge is 0.243 e. The van der Waals surface area contributed by atoms with Gasteiger partial charge in [-0.1, -0.05) is 12.1 Å². The Morgan fingerprint density at radius 3 is 2.38 bits per heavy atom. The van der Waals surface area contributed by atoms with Crippen LogP contribution in [0.2, 0.25) is 0 Å². The monoisotopic (exact) mass is 379 g/mol. The van der Waals surface area contributed by atoms with E-state index in [-0.39, 0.29) is 18.0 Å². The summed E-state index contributed by atoms with van der Waals surface area (Å²) in [6.07, 6.45) is 0. The molecule has 2 aromatic rings. The molecule has 2 aromatic carbocycles. The second-order valence-electron chi connectivity index (χ2n) is 6.03. The van der Waals surface area contributed by atoms with E-state index < -0.39 is 21.7 Å². The molecule has 0 aromatic heterocycles. The molecule has 2 rings (SSSR count). The third-order valence-corrected chi connectivity index (χ3v) is 5.58. The Morgan fingerprint density at radius 1 is 1.04 bits per heavy atom. The fourth-order valence-corrected chi connectivity index (χ4v) is 3.76. The Hall–Kier alpha value is -2.34. The lowest BCUT2D eigenvalue weighted by Gasteiger charge is -2.24. The zero-order valence-electron chi connectivity index (χ0n) is 14.5. The van der Waals surface area contributed by atoms with Gasteiger partial charge in [0.2, 0.25) is 10.0 Å². The van der Waals surface area contributed by atoms with Crippen molar-refractivity contribution in [3.63, 3.8) is 0 Å². The number of rotatable bonds is 7. The topological polar surface area (TPSA) is 64.4 Å². The average Bonchev–Trinajstić information content (AvgIpc) is 2.60. The van der Waals surface area contributed by atoms with E-state index in [0.29, 0.717) is 23.7 Å². The van der Waals surface area contributed by atoms with Gasteiger partial charge in [-0.25, -0.2) is 17.2 Å². The predicted octanol–water partition coefficient (Wildman–Crippen LogP) is 2.59. The third-order valence-electron chi connectivity index (χ3n) is 3.74. The van der Waals surface area contributed by atoms with Gasteiger partial charge in [0.05, 0.1) is 16.5 Å². The Labute approximate surface area is 152 Å². The summed E-state index contributed by atoms with van der Waals surface area (Å²) in [4.78, 5) is 1.51. The van der Waals surface area contributed by atoms with E-state index in [1.165, 1.54) is 4.31 Å². The lowest BCUT2D eigenvalue weighted by Crippen LogP contribution is -2.36. The molecule has 0 unspecified atom stereocenters. The van der Waals surface area contributed by atoms with E-state index in [1.807, 2.05) is 11.0 Å². The zero-order chi connectivity index (χ0) is 19.3. The molecule has 0 saturated carbocycles. The van der Waals surface area contributed by atoms with Crippen LogP contribution < -0.4 is 0 Å². The largest absolute Gasteiger partial charge is 0.308 e. The molecule has 0 aliphatic rings. The van der Waals surface area contributed by atoms with Crippen LogP contribution in [-0.2, 0) is 16.6 Å². The number of benzene rings is 2. The Bertz CT molecular complexity index is 924. The van der Waals surface area contributed by atoms with Gasteiger partial charge in [-0.3, -0.25) is 0 Å². The molecule has 0 heterocycles. The zero-order valence-corrected chi connectivity index (χ0v) is 15.3. The number of nitrogens with zero attached hydrogens (tertiary/aromatic N) is 3. The summed E-state index contributed by atoms with van der Waals surface area (Å²) >= 11 is 0. The van der Waals surface area contributed by atoms with Gasteiger partial charge in [0.15, 0.2) is 11.6 Å². The highest BCUT2D eigenvalue weighted by Gasteiger charge is 2.26. The maximum Gasteiger partial charge on any atom is 0.243 e. The van der Waals surface area contributed by atoms with Gasteiger partial charge in [-0.15, -0.1) is 0 Å². The maximum absolute atomic E-state index is 13.5. The molecule has 0 fully saturated rings. The molecule has 0 atom stereocenters. The standard InChI is InChI=1S/C18H19F2N3O2S/c1-22(2)8-9-23(13-15-5-3-4-14(10-15)12-21)26(24,25)16-6-7-17(19)18(20)11-16/h3-7,10-11H,8-9,13H2,1-2H3. The van der Waals surface area contributed by atoms with Crippen LogP contribution in [0.1, 0.15) is 11.1 Å². The van der Waals surface area contributed by atoms with Crippen molar-refractivity contribution in [3.05, 3.63) is 65.2 Å². The summed E-state index contributed by atoms with van der Waals surface area (Å²) in [6, 6.07) is 11.1. The lowest BCUT2D eigenvalue weighted by molar-refractivity contribution is 0.329. The van der Waals surface area contributed by atoms with Gasteiger partial charge in [-0.2, -0.15) is 9.57 Å². The average molecular weight is 379 g/mol. The molecule has 0 saturated heterocycles. The minimum atomic E-state index is -4.04.